The normalized spacial score (nSPS) is 15.2. The average Bonchev–Trinajstić information content (AvgIpc) is 2.73. The molecular formula is C24H20N2O. The number of hydrogen-bond donors (Lipinski definition) is 1. The number of nitrogen functional groups attached to an aromatic ring is 1. The number of fused-ring (bicyclic) bond motifs is 5. The van der Waals surface area contributed by atoms with Crippen molar-refractivity contribution in [2.45, 2.75) is 12.3 Å². The summed E-state index contributed by atoms with van der Waals surface area (Å²) in [6, 6.07) is 25.2. The first-order valence-electron chi connectivity index (χ1n) is 9.16. The maximum atomic E-state index is 6.33. The lowest BCUT2D eigenvalue weighted by molar-refractivity contribution is 0.414. The highest BCUT2D eigenvalue weighted by Gasteiger charge is 2.29. The second kappa shape index (κ2) is 6.13. The number of hydrogen-bond acceptors (Lipinski definition) is 3. The maximum absolute atomic E-state index is 6.33. The third kappa shape index (κ3) is 2.47. The van der Waals surface area contributed by atoms with Gasteiger partial charge in [-0.3, -0.25) is 0 Å². The molecule has 1 aromatic heterocycles. The summed E-state index contributed by atoms with van der Waals surface area (Å²) in [6.07, 6.45) is 0.949. The zero-order valence-corrected chi connectivity index (χ0v) is 15.1. The predicted molar refractivity (Wildman–Crippen MR) is 110 cm³/mol. The zero-order chi connectivity index (χ0) is 18.4. The molecule has 0 saturated carbocycles. The van der Waals surface area contributed by atoms with Crippen LogP contribution in [0, 0.1) is 0 Å². The van der Waals surface area contributed by atoms with Gasteiger partial charge in [0, 0.05) is 16.9 Å². The molecule has 4 aromatic rings. The van der Waals surface area contributed by atoms with Crippen molar-refractivity contribution in [2.24, 2.45) is 0 Å². The van der Waals surface area contributed by atoms with Gasteiger partial charge in [-0.1, -0.05) is 60.7 Å². The molecule has 0 amide bonds. The van der Waals surface area contributed by atoms with Gasteiger partial charge < -0.3 is 10.5 Å². The molecule has 3 aromatic carbocycles. The van der Waals surface area contributed by atoms with E-state index in [2.05, 4.69) is 54.6 Å². The molecule has 3 heteroatoms. The van der Waals surface area contributed by atoms with Gasteiger partial charge in [0.1, 0.15) is 11.6 Å². The highest BCUT2D eigenvalue weighted by Crippen LogP contribution is 2.45. The van der Waals surface area contributed by atoms with Crippen LogP contribution in [0.25, 0.3) is 22.0 Å². The number of pyridine rings is 1. The first-order valence-corrected chi connectivity index (χ1v) is 9.16. The van der Waals surface area contributed by atoms with Crippen LogP contribution in [0.1, 0.15) is 22.6 Å². The molecule has 3 nitrogen and oxygen atoms in total. The minimum absolute atomic E-state index is 0.235. The van der Waals surface area contributed by atoms with Crippen LogP contribution in [0.15, 0.2) is 72.8 Å². The number of ether oxygens (including phenoxy) is 1. The average molecular weight is 352 g/mol. The van der Waals surface area contributed by atoms with E-state index in [0.717, 1.165) is 23.3 Å². The SMILES string of the molecule is COc1ccc(C2Cc3ccccc3-c3nc(N)c4ccccc4c32)cc1. The first kappa shape index (κ1) is 15.9. The van der Waals surface area contributed by atoms with Gasteiger partial charge in [-0.2, -0.15) is 0 Å². The Morgan fingerprint density at radius 3 is 2.37 bits per heavy atom. The fraction of sp³-hybridized carbons (Fsp3) is 0.125. The summed E-state index contributed by atoms with van der Waals surface area (Å²) in [4.78, 5) is 4.85. The van der Waals surface area contributed by atoms with Crippen LogP contribution in [0.3, 0.4) is 0 Å². The number of anilines is 1. The van der Waals surface area contributed by atoms with Gasteiger partial charge in [-0.05, 0) is 40.6 Å². The van der Waals surface area contributed by atoms with Gasteiger partial charge in [0.2, 0.25) is 0 Å². The quantitative estimate of drug-likeness (QED) is 0.541. The van der Waals surface area contributed by atoms with Crippen LogP contribution in [0.5, 0.6) is 5.75 Å². The van der Waals surface area contributed by atoms with E-state index in [4.69, 9.17) is 15.5 Å². The Morgan fingerprint density at radius 1 is 0.889 bits per heavy atom. The van der Waals surface area contributed by atoms with Crippen molar-refractivity contribution in [3.05, 3.63) is 89.5 Å². The Balaban J connectivity index is 1.82. The van der Waals surface area contributed by atoms with Gasteiger partial charge >= 0.3 is 0 Å². The molecule has 0 spiro atoms. The van der Waals surface area contributed by atoms with Crippen LogP contribution in [0.4, 0.5) is 5.82 Å². The summed E-state index contributed by atoms with van der Waals surface area (Å²) in [6.45, 7) is 0. The molecule has 1 aliphatic carbocycles. The molecule has 0 bridgehead atoms. The van der Waals surface area contributed by atoms with Crippen LogP contribution in [-0.4, -0.2) is 12.1 Å². The zero-order valence-electron chi connectivity index (χ0n) is 15.1. The maximum Gasteiger partial charge on any atom is 0.131 e. The molecule has 0 aliphatic heterocycles. The molecule has 1 aliphatic rings. The number of benzene rings is 3. The molecule has 1 unspecified atom stereocenters. The lowest BCUT2D eigenvalue weighted by atomic mass is 9.76. The van der Waals surface area contributed by atoms with Gasteiger partial charge in [0.05, 0.1) is 12.8 Å². The highest BCUT2D eigenvalue weighted by atomic mass is 16.5. The fourth-order valence-electron chi connectivity index (χ4n) is 4.24. The van der Waals surface area contributed by atoms with Crippen LogP contribution in [-0.2, 0) is 6.42 Å². The van der Waals surface area contributed by atoms with Crippen molar-refractivity contribution in [1.29, 1.82) is 0 Å². The lowest BCUT2D eigenvalue weighted by Crippen LogP contribution is -2.15. The minimum Gasteiger partial charge on any atom is -0.497 e. The van der Waals surface area contributed by atoms with E-state index in [9.17, 15) is 0 Å². The minimum atomic E-state index is 0.235. The fourth-order valence-corrected chi connectivity index (χ4v) is 4.24. The summed E-state index contributed by atoms with van der Waals surface area (Å²) in [5.41, 5.74) is 12.4. The number of nitrogens with zero attached hydrogens (tertiary/aromatic N) is 1. The van der Waals surface area contributed by atoms with Crippen molar-refractivity contribution < 1.29 is 4.74 Å². The van der Waals surface area contributed by atoms with Crippen LogP contribution < -0.4 is 10.5 Å². The van der Waals surface area contributed by atoms with E-state index in [0.29, 0.717) is 5.82 Å². The smallest absolute Gasteiger partial charge is 0.131 e. The largest absolute Gasteiger partial charge is 0.497 e. The standard InChI is InChI=1S/C24H20N2O/c1-27-17-12-10-15(11-13-17)21-14-16-6-2-3-7-18(16)23-22(21)19-8-4-5-9-20(19)24(25)26-23/h2-13,21H,14H2,1H3,(H2,25,26). The summed E-state index contributed by atoms with van der Waals surface area (Å²) in [5.74, 6) is 1.70. The summed E-state index contributed by atoms with van der Waals surface area (Å²) in [7, 11) is 1.70. The molecular weight excluding hydrogens is 332 g/mol. The van der Waals surface area contributed by atoms with E-state index < -0.39 is 0 Å². The van der Waals surface area contributed by atoms with E-state index in [-0.39, 0.29) is 5.92 Å². The Hall–Kier alpha value is -3.33. The van der Waals surface area contributed by atoms with Gasteiger partial charge in [0.15, 0.2) is 0 Å². The third-order valence-corrected chi connectivity index (χ3v) is 5.54. The molecule has 132 valence electrons. The lowest BCUT2D eigenvalue weighted by Gasteiger charge is -2.29. The van der Waals surface area contributed by atoms with E-state index in [1.807, 2.05) is 18.2 Å². The van der Waals surface area contributed by atoms with Gasteiger partial charge in [-0.25, -0.2) is 4.98 Å². The Labute approximate surface area is 158 Å². The van der Waals surface area contributed by atoms with Crippen molar-refractivity contribution in [3.8, 4) is 17.0 Å². The molecule has 5 rings (SSSR count). The topological polar surface area (TPSA) is 48.1 Å². The number of nitrogens with two attached hydrogens (primary N) is 1. The van der Waals surface area contributed by atoms with Crippen molar-refractivity contribution >= 4 is 16.6 Å². The summed E-state index contributed by atoms with van der Waals surface area (Å²) in [5, 5.41) is 2.21. The van der Waals surface area contributed by atoms with E-state index >= 15 is 0 Å². The molecule has 27 heavy (non-hydrogen) atoms. The monoisotopic (exact) mass is 352 g/mol. The number of aromatic nitrogens is 1. The first-order chi connectivity index (χ1) is 13.3. The van der Waals surface area contributed by atoms with E-state index in [1.54, 1.807) is 7.11 Å². The second-order valence-corrected chi connectivity index (χ2v) is 6.99. The Kier molecular flexibility index (Phi) is 3.61. The molecule has 0 radical (unpaired) electrons. The molecule has 1 heterocycles. The second-order valence-electron chi connectivity index (χ2n) is 6.99. The van der Waals surface area contributed by atoms with E-state index in [1.165, 1.54) is 27.6 Å². The molecule has 0 fully saturated rings. The molecule has 2 N–H and O–H groups in total. The van der Waals surface area contributed by atoms with Crippen molar-refractivity contribution in [3.63, 3.8) is 0 Å². The van der Waals surface area contributed by atoms with Crippen molar-refractivity contribution in [2.75, 3.05) is 12.8 Å². The summed E-state index contributed by atoms with van der Waals surface area (Å²) >= 11 is 0. The number of methoxy groups -OCH3 is 1. The van der Waals surface area contributed by atoms with Crippen LogP contribution >= 0.6 is 0 Å². The molecule has 1 atom stereocenters. The van der Waals surface area contributed by atoms with Gasteiger partial charge in [-0.15, -0.1) is 0 Å². The number of rotatable bonds is 2. The summed E-state index contributed by atoms with van der Waals surface area (Å²) < 4.78 is 5.34. The van der Waals surface area contributed by atoms with Crippen LogP contribution in [0.2, 0.25) is 0 Å². The molecule has 0 saturated heterocycles. The van der Waals surface area contributed by atoms with Gasteiger partial charge in [0.25, 0.3) is 0 Å². The Bertz CT molecular complexity index is 1150. The third-order valence-electron chi connectivity index (χ3n) is 5.54. The highest BCUT2D eigenvalue weighted by molar-refractivity contribution is 5.98. The predicted octanol–water partition coefficient (Wildman–Crippen LogP) is 5.18. The van der Waals surface area contributed by atoms with Crippen molar-refractivity contribution in [1.82, 2.24) is 4.98 Å². The Morgan fingerprint density at radius 2 is 1.59 bits per heavy atom.